The molecule has 6 nitrogen and oxygen atoms in total. The van der Waals surface area contributed by atoms with Gasteiger partial charge in [0.25, 0.3) is 0 Å². The number of aryl methyl sites for hydroxylation is 1. The Kier molecular flexibility index (Phi) is 5.32. The van der Waals surface area contributed by atoms with Crippen LogP contribution in [0, 0.1) is 0 Å². The van der Waals surface area contributed by atoms with Crippen LogP contribution < -0.4 is 5.73 Å². The first-order chi connectivity index (χ1) is 8.97. The largest absolute Gasteiger partial charge is 0.479 e. The third-order valence-electron chi connectivity index (χ3n) is 2.64. The van der Waals surface area contributed by atoms with Gasteiger partial charge in [-0.2, -0.15) is 0 Å². The summed E-state index contributed by atoms with van der Waals surface area (Å²) in [7, 11) is 0. The zero-order valence-corrected chi connectivity index (χ0v) is 10.6. The van der Waals surface area contributed by atoms with Crippen molar-refractivity contribution in [2.24, 2.45) is 0 Å². The molecule has 0 aliphatic heterocycles. The van der Waals surface area contributed by atoms with Gasteiger partial charge in [0.1, 0.15) is 0 Å². The number of carbonyl (C=O) groups excluding carboxylic acids is 1. The van der Waals surface area contributed by atoms with Gasteiger partial charge in [-0.3, -0.25) is 4.79 Å². The van der Waals surface area contributed by atoms with Crippen LogP contribution in [-0.2, 0) is 20.7 Å². The quantitative estimate of drug-likeness (QED) is 0.521. The highest BCUT2D eigenvalue weighted by atomic mass is 16.5. The number of carboxylic acid groups (broad SMARTS) is 1. The number of nitrogen functional groups attached to an aromatic ring is 1. The van der Waals surface area contributed by atoms with Crippen molar-refractivity contribution in [2.45, 2.75) is 25.9 Å². The number of benzene rings is 1. The average Bonchev–Trinajstić information content (AvgIpc) is 2.36. The van der Waals surface area contributed by atoms with Crippen molar-refractivity contribution in [3.63, 3.8) is 0 Å². The molecule has 0 spiro atoms. The normalized spacial score (nSPS) is 11.9. The number of aliphatic hydroxyl groups excluding tert-OH is 1. The van der Waals surface area contributed by atoms with Crippen LogP contribution in [0.15, 0.2) is 18.2 Å². The highest BCUT2D eigenvalue weighted by molar-refractivity contribution is 5.78. The summed E-state index contributed by atoms with van der Waals surface area (Å²) in [5, 5.41) is 18.5. The van der Waals surface area contributed by atoms with Crippen LogP contribution in [0.5, 0.6) is 0 Å². The maximum atomic E-state index is 11.3. The van der Waals surface area contributed by atoms with Gasteiger partial charge in [0.15, 0.2) is 6.10 Å². The number of aliphatic carboxylic acids is 1. The van der Waals surface area contributed by atoms with E-state index >= 15 is 0 Å². The topological polar surface area (TPSA) is 110 Å². The van der Waals surface area contributed by atoms with E-state index in [9.17, 15) is 14.7 Å². The fourth-order valence-corrected chi connectivity index (χ4v) is 1.78. The van der Waals surface area contributed by atoms with Crippen molar-refractivity contribution in [3.8, 4) is 0 Å². The molecule has 0 amide bonds. The van der Waals surface area contributed by atoms with Crippen LogP contribution in [0.4, 0.5) is 5.69 Å². The Labute approximate surface area is 110 Å². The van der Waals surface area contributed by atoms with Crippen LogP contribution in [0.3, 0.4) is 0 Å². The zero-order valence-electron chi connectivity index (χ0n) is 10.6. The van der Waals surface area contributed by atoms with Gasteiger partial charge in [-0.05, 0) is 25.0 Å². The molecule has 104 valence electrons. The maximum Gasteiger partial charge on any atom is 0.337 e. The molecule has 0 saturated heterocycles. The monoisotopic (exact) mass is 267 g/mol. The average molecular weight is 267 g/mol. The standard InChI is InChI=1S/C13H17NO5/c1-2-19-10(15)7-6-8-4-3-5-9(14)11(8)12(16)13(17)18/h3-5,12,16H,2,6-7,14H2,1H3,(H,17,18). The number of rotatable bonds is 6. The first kappa shape index (κ1) is 15.0. The molecule has 1 unspecified atom stereocenters. The lowest BCUT2D eigenvalue weighted by Crippen LogP contribution is -2.16. The van der Waals surface area contributed by atoms with Crippen molar-refractivity contribution >= 4 is 17.6 Å². The number of anilines is 1. The van der Waals surface area contributed by atoms with Crippen molar-refractivity contribution in [2.75, 3.05) is 12.3 Å². The Morgan fingerprint density at radius 1 is 1.42 bits per heavy atom. The van der Waals surface area contributed by atoms with E-state index in [1.165, 1.54) is 6.07 Å². The molecule has 19 heavy (non-hydrogen) atoms. The van der Waals surface area contributed by atoms with Gasteiger partial charge >= 0.3 is 11.9 Å². The van der Waals surface area contributed by atoms with Crippen LogP contribution >= 0.6 is 0 Å². The number of hydrogen-bond donors (Lipinski definition) is 3. The van der Waals surface area contributed by atoms with E-state index in [1.54, 1.807) is 19.1 Å². The third-order valence-corrected chi connectivity index (χ3v) is 2.64. The summed E-state index contributed by atoms with van der Waals surface area (Å²) in [6.45, 7) is 2.00. The van der Waals surface area contributed by atoms with E-state index in [0.29, 0.717) is 12.2 Å². The minimum atomic E-state index is -1.70. The van der Waals surface area contributed by atoms with Crippen LogP contribution in [-0.4, -0.2) is 28.8 Å². The molecule has 0 fully saturated rings. The molecule has 0 saturated carbocycles. The summed E-state index contributed by atoms with van der Waals surface area (Å²) < 4.78 is 4.79. The minimum Gasteiger partial charge on any atom is -0.479 e. The van der Waals surface area contributed by atoms with Gasteiger partial charge < -0.3 is 20.7 Å². The Morgan fingerprint density at radius 2 is 2.11 bits per heavy atom. The number of carboxylic acids is 1. The third kappa shape index (κ3) is 3.96. The summed E-state index contributed by atoms with van der Waals surface area (Å²) in [4.78, 5) is 22.1. The fraction of sp³-hybridized carbons (Fsp3) is 0.385. The van der Waals surface area contributed by atoms with Gasteiger partial charge in [-0.1, -0.05) is 12.1 Å². The number of hydrogen-bond acceptors (Lipinski definition) is 5. The number of esters is 1. The number of nitrogens with two attached hydrogens (primary N) is 1. The smallest absolute Gasteiger partial charge is 0.337 e. The van der Waals surface area contributed by atoms with Crippen molar-refractivity contribution in [1.29, 1.82) is 0 Å². The van der Waals surface area contributed by atoms with Crippen LogP contribution in [0.25, 0.3) is 0 Å². The van der Waals surface area contributed by atoms with E-state index in [0.717, 1.165) is 0 Å². The van der Waals surface area contributed by atoms with Crippen molar-refractivity contribution in [3.05, 3.63) is 29.3 Å². The van der Waals surface area contributed by atoms with Gasteiger partial charge in [0.05, 0.1) is 6.61 Å². The first-order valence-electron chi connectivity index (χ1n) is 5.91. The molecule has 1 aromatic rings. The SMILES string of the molecule is CCOC(=O)CCc1cccc(N)c1C(O)C(=O)O. The fourth-order valence-electron chi connectivity index (χ4n) is 1.78. The summed E-state index contributed by atoms with van der Waals surface area (Å²) in [6.07, 6.45) is -1.32. The number of ether oxygens (including phenoxy) is 1. The van der Waals surface area contributed by atoms with Gasteiger partial charge in [0.2, 0.25) is 0 Å². The Balaban J connectivity index is 2.91. The summed E-state index contributed by atoms with van der Waals surface area (Å²) in [5.74, 6) is -1.75. The van der Waals surface area contributed by atoms with Crippen molar-refractivity contribution in [1.82, 2.24) is 0 Å². The predicted molar refractivity (Wildman–Crippen MR) is 68.4 cm³/mol. The number of carbonyl (C=O) groups is 2. The second-order valence-electron chi connectivity index (χ2n) is 3.97. The summed E-state index contributed by atoms with van der Waals surface area (Å²) in [5.41, 5.74) is 6.55. The Bertz CT molecular complexity index is 472. The minimum absolute atomic E-state index is 0.108. The van der Waals surface area contributed by atoms with Crippen LogP contribution in [0.1, 0.15) is 30.6 Å². The highest BCUT2D eigenvalue weighted by Crippen LogP contribution is 2.26. The molecule has 1 aromatic carbocycles. The van der Waals surface area contributed by atoms with E-state index in [4.69, 9.17) is 15.6 Å². The second-order valence-corrected chi connectivity index (χ2v) is 3.97. The predicted octanol–water partition coefficient (Wildman–Crippen LogP) is 0.883. The van der Waals surface area contributed by atoms with E-state index in [-0.39, 0.29) is 30.1 Å². The van der Waals surface area contributed by atoms with E-state index in [2.05, 4.69) is 0 Å². The van der Waals surface area contributed by atoms with Gasteiger partial charge in [-0.25, -0.2) is 4.79 Å². The molecule has 0 radical (unpaired) electrons. The Hall–Kier alpha value is -2.08. The first-order valence-corrected chi connectivity index (χ1v) is 5.91. The molecule has 4 N–H and O–H groups in total. The van der Waals surface area contributed by atoms with Crippen LogP contribution in [0.2, 0.25) is 0 Å². The molecule has 0 aliphatic rings. The molecular formula is C13H17NO5. The lowest BCUT2D eigenvalue weighted by Gasteiger charge is -2.14. The number of aliphatic hydroxyl groups is 1. The van der Waals surface area contributed by atoms with Crippen molar-refractivity contribution < 1.29 is 24.5 Å². The lowest BCUT2D eigenvalue weighted by molar-refractivity contribution is -0.147. The molecule has 1 rings (SSSR count). The Morgan fingerprint density at radius 3 is 2.68 bits per heavy atom. The molecule has 0 heterocycles. The maximum absolute atomic E-state index is 11.3. The van der Waals surface area contributed by atoms with Gasteiger partial charge in [0, 0.05) is 17.7 Å². The molecular weight excluding hydrogens is 250 g/mol. The lowest BCUT2D eigenvalue weighted by atomic mass is 9.97. The summed E-state index contributed by atoms with van der Waals surface area (Å²) in [6, 6.07) is 4.79. The van der Waals surface area contributed by atoms with Gasteiger partial charge in [-0.15, -0.1) is 0 Å². The molecule has 0 aromatic heterocycles. The van der Waals surface area contributed by atoms with E-state index < -0.39 is 12.1 Å². The molecule has 1 atom stereocenters. The highest BCUT2D eigenvalue weighted by Gasteiger charge is 2.22. The molecule has 6 heteroatoms. The summed E-state index contributed by atoms with van der Waals surface area (Å²) >= 11 is 0. The molecule has 0 aliphatic carbocycles. The molecule has 0 bridgehead atoms. The second kappa shape index (κ2) is 6.75. The van der Waals surface area contributed by atoms with E-state index in [1.807, 2.05) is 0 Å². The zero-order chi connectivity index (χ0) is 14.4.